The molecule has 1 aromatic carbocycles. The molecule has 0 N–H and O–H groups in total. The van der Waals surface area contributed by atoms with Gasteiger partial charge in [-0.15, -0.1) is 0 Å². The molecule has 17 heavy (non-hydrogen) atoms. The minimum Gasteiger partial charge on any atom is -0.343 e. The van der Waals surface area contributed by atoms with Crippen molar-refractivity contribution in [2.45, 2.75) is 39.0 Å². The number of rotatable bonds is 3. The molecule has 1 heterocycles. The molecule has 0 bridgehead atoms. The van der Waals surface area contributed by atoms with Crippen LogP contribution in [0.2, 0.25) is 0 Å². The molecule has 92 valence electrons. The average Bonchev–Trinajstić information content (AvgIpc) is 2.33. The van der Waals surface area contributed by atoms with E-state index in [9.17, 15) is 4.79 Å². The van der Waals surface area contributed by atoms with Crippen LogP contribution in [0.5, 0.6) is 0 Å². The maximum absolute atomic E-state index is 12.0. The first-order valence-corrected chi connectivity index (χ1v) is 6.55. The first-order valence-electron chi connectivity index (χ1n) is 6.55. The monoisotopic (exact) mass is 231 g/mol. The fourth-order valence-corrected chi connectivity index (χ4v) is 2.51. The number of benzene rings is 1. The maximum atomic E-state index is 12.0. The van der Waals surface area contributed by atoms with Gasteiger partial charge in [0.2, 0.25) is 5.91 Å². The van der Waals surface area contributed by atoms with Crippen LogP contribution < -0.4 is 0 Å². The van der Waals surface area contributed by atoms with E-state index in [2.05, 4.69) is 38.1 Å². The van der Waals surface area contributed by atoms with Crippen molar-refractivity contribution in [3.8, 4) is 0 Å². The minimum atomic E-state index is 0.323. The predicted molar refractivity (Wildman–Crippen MR) is 70.0 cm³/mol. The predicted octanol–water partition coefficient (Wildman–Crippen LogP) is 3.11. The smallest absolute Gasteiger partial charge is 0.223 e. The van der Waals surface area contributed by atoms with Gasteiger partial charge in [0.1, 0.15) is 0 Å². The van der Waals surface area contributed by atoms with Gasteiger partial charge < -0.3 is 4.90 Å². The van der Waals surface area contributed by atoms with Crippen LogP contribution in [0.3, 0.4) is 0 Å². The second kappa shape index (κ2) is 5.35. The number of likely N-dealkylation sites (tertiary alicyclic amines) is 1. The van der Waals surface area contributed by atoms with Crippen LogP contribution >= 0.6 is 0 Å². The van der Waals surface area contributed by atoms with E-state index in [1.807, 2.05) is 4.90 Å². The van der Waals surface area contributed by atoms with Crippen molar-refractivity contribution in [1.29, 1.82) is 0 Å². The summed E-state index contributed by atoms with van der Waals surface area (Å²) in [5.41, 5.74) is 2.60. The molecule has 2 nitrogen and oxygen atoms in total. The Labute approximate surface area is 104 Å². The molecule has 1 fully saturated rings. The van der Waals surface area contributed by atoms with Crippen molar-refractivity contribution in [2.75, 3.05) is 13.1 Å². The largest absolute Gasteiger partial charge is 0.343 e. The number of amides is 1. The van der Waals surface area contributed by atoms with E-state index in [-0.39, 0.29) is 0 Å². The SMILES string of the molecule is CCCN1CCC(c2ccc(C)cc2)CC1=O. The highest BCUT2D eigenvalue weighted by atomic mass is 16.2. The normalized spacial score (nSPS) is 20.7. The highest BCUT2D eigenvalue weighted by Crippen LogP contribution is 2.28. The van der Waals surface area contributed by atoms with Gasteiger partial charge in [-0.2, -0.15) is 0 Å². The van der Waals surface area contributed by atoms with Crippen LogP contribution in [-0.2, 0) is 4.79 Å². The van der Waals surface area contributed by atoms with Crippen molar-refractivity contribution in [1.82, 2.24) is 4.90 Å². The molecule has 1 atom stereocenters. The molecule has 0 spiro atoms. The van der Waals surface area contributed by atoms with Gasteiger partial charge in [0, 0.05) is 19.5 Å². The maximum Gasteiger partial charge on any atom is 0.223 e. The van der Waals surface area contributed by atoms with Gasteiger partial charge in [-0.25, -0.2) is 0 Å². The Balaban J connectivity index is 2.01. The summed E-state index contributed by atoms with van der Waals surface area (Å²) in [6.07, 6.45) is 2.85. The molecule has 0 saturated carbocycles. The third-order valence-electron chi connectivity index (χ3n) is 3.56. The van der Waals surface area contributed by atoms with Gasteiger partial charge in [-0.05, 0) is 31.2 Å². The second-order valence-corrected chi connectivity index (χ2v) is 4.98. The van der Waals surface area contributed by atoms with E-state index in [1.54, 1.807) is 0 Å². The highest BCUT2D eigenvalue weighted by molar-refractivity contribution is 5.78. The van der Waals surface area contributed by atoms with E-state index in [0.717, 1.165) is 25.9 Å². The van der Waals surface area contributed by atoms with E-state index in [1.165, 1.54) is 11.1 Å². The molecule has 1 aliphatic heterocycles. The van der Waals surface area contributed by atoms with Gasteiger partial charge in [-0.1, -0.05) is 36.8 Å². The summed E-state index contributed by atoms with van der Waals surface area (Å²) in [5, 5.41) is 0. The molecule has 0 aliphatic carbocycles. The molecule has 1 amide bonds. The van der Waals surface area contributed by atoms with Crippen LogP contribution in [-0.4, -0.2) is 23.9 Å². The van der Waals surface area contributed by atoms with Crippen LogP contribution in [0, 0.1) is 6.92 Å². The third kappa shape index (κ3) is 2.87. The van der Waals surface area contributed by atoms with Gasteiger partial charge >= 0.3 is 0 Å². The quantitative estimate of drug-likeness (QED) is 0.782. The summed E-state index contributed by atoms with van der Waals surface area (Å²) in [4.78, 5) is 14.0. The van der Waals surface area contributed by atoms with E-state index < -0.39 is 0 Å². The summed E-state index contributed by atoms with van der Waals surface area (Å²) < 4.78 is 0. The molecule has 2 heteroatoms. The fraction of sp³-hybridized carbons (Fsp3) is 0.533. The molecule has 2 rings (SSSR count). The molecule has 1 unspecified atom stereocenters. The minimum absolute atomic E-state index is 0.323. The molecular weight excluding hydrogens is 210 g/mol. The van der Waals surface area contributed by atoms with E-state index in [0.29, 0.717) is 18.2 Å². The van der Waals surface area contributed by atoms with E-state index in [4.69, 9.17) is 0 Å². The van der Waals surface area contributed by atoms with E-state index >= 15 is 0 Å². The molecule has 0 radical (unpaired) electrons. The highest BCUT2D eigenvalue weighted by Gasteiger charge is 2.25. The molecule has 0 aromatic heterocycles. The summed E-state index contributed by atoms with van der Waals surface area (Å²) in [7, 11) is 0. The molecule has 1 saturated heterocycles. The van der Waals surface area contributed by atoms with Gasteiger partial charge in [0.25, 0.3) is 0 Å². The molecule has 1 aliphatic rings. The van der Waals surface area contributed by atoms with Crippen molar-refractivity contribution in [3.05, 3.63) is 35.4 Å². The Hall–Kier alpha value is -1.31. The van der Waals surface area contributed by atoms with Crippen LogP contribution in [0.1, 0.15) is 43.2 Å². The van der Waals surface area contributed by atoms with Gasteiger partial charge in [0.05, 0.1) is 0 Å². The standard InChI is InChI=1S/C15H21NO/c1-3-9-16-10-8-14(11-15(16)17)13-6-4-12(2)5-7-13/h4-7,14H,3,8-11H2,1-2H3. The summed E-state index contributed by atoms with van der Waals surface area (Å²) >= 11 is 0. The zero-order valence-electron chi connectivity index (χ0n) is 10.8. The summed E-state index contributed by atoms with van der Waals surface area (Å²) in [5.74, 6) is 0.750. The van der Waals surface area contributed by atoms with Crippen LogP contribution in [0.4, 0.5) is 0 Å². The summed E-state index contributed by atoms with van der Waals surface area (Å²) in [6, 6.07) is 8.61. The lowest BCUT2D eigenvalue weighted by Gasteiger charge is -2.31. The van der Waals surface area contributed by atoms with Gasteiger partial charge in [-0.3, -0.25) is 4.79 Å². The van der Waals surface area contributed by atoms with Gasteiger partial charge in [0.15, 0.2) is 0 Å². The fourth-order valence-electron chi connectivity index (χ4n) is 2.51. The van der Waals surface area contributed by atoms with Crippen molar-refractivity contribution < 1.29 is 4.79 Å². The number of hydrogen-bond donors (Lipinski definition) is 0. The van der Waals surface area contributed by atoms with Crippen molar-refractivity contribution in [2.24, 2.45) is 0 Å². The number of nitrogens with zero attached hydrogens (tertiary/aromatic N) is 1. The van der Waals surface area contributed by atoms with Crippen molar-refractivity contribution in [3.63, 3.8) is 0 Å². The summed E-state index contributed by atoms with van der Waals surface area (Å²) in [6.45, 7) is 6.06. The molecule has 1 aromatic rings. The number of carbonyl (C=O) groups is 1. The molecular formula is C15H21NO. The Morgan fingerprint density at radius 3 is 2.59 bits per heavy atom. The zero-order valence-corrected chi connectivity index (χ0v) is 10.8. The number of carbonyl (C=O) groups excluding carboxylic acids is 1. The number of piperidine rings is 1. The number of aryl methyl sites for hydroxylation is 1. The second-order valence-electron chi connectivity index (χ2n) is 4.98. The lowest BCUT2D eigenvalue weighted by molar-refractivity contribution is -0.133. The topological polar surface area (TPSA) is 20.3 Å². The Morgan fingerprint density at radius 1 is 1.29 bits per heavy atom. The zero-order chi connectivity index (χ0) is 12.3. The third-order valence-corrected chi connectivity index (χ3v) is 3.56. The first-order chi connectivity index (χ1) is 8.20. The number of hydrogen-bond acceptors (Lipinski definition) is 1. The van der Waals surface area contributed by atoms with Crippen LogP contribution in [0.15, 0.2) is 24.3 Å². The first kappa shape index (κ1) is 12.2. The van der Waals surface area contributed by atoms with Crippen molar-refractivity contribution >= 4 is 5.91 Å². The Bertz CT molecular complexity index is 382. The average molecular weight is 231 g/mol. The Morgan fingerprint density at radius 2 is 2.00 bits per heavy atom. The lowest BCUT2D eigenvalue weighted by Crippen LogP contribution is -2.38. The Kier molecular flexibility index (Phi) is 3.82. The lowest BCUT2D eigenvalue weighted by atomic mass is 9.88. The van der Waals surface area contributed by atoms with Crippen LogP contribution in [0.25, 0.3) is 0 Å².